The van der Waals surface area contributed by atoms with Crippen molar-refractivity contribution in [3.63, 3.8) is 0 Å². The minimum Gasteiger partial charge on any atom is -0.496 e. The molecule has 3 heterocycles. The Balaban J connectivity index is 1.56. The molecular formula is C32H26F2N4O4S2. The Labute approximate surface area is 259 Å². The highest BCUT2D eigenvalue weighted by Crippen LogP contribution is 2.33. The monoisotopic (exact) mass is 632 g/mol. The van der Waals surface area contributed by atoms with Crippen LogP contribution in [0.3, 0.4) is 0 Å². The number of carbonyl (C=O) groups is 1. The number of fused-ring (bicyclic) bond motifs is 1. The predicted molar refractivity (Wildman–Crippen MR) is 163 cm³/mol. The summed E-state index contributed by atoms with van der Waals surface area (Å²) < 4.78 is 39.3. The quantitative estimate of drug-likeness (QED) is 0.194. The van der Waals surface area contributed by atoms with Gasteiger partial charge in [-0.15, -0.1) is 11.8 Å². The highest BCUT2D eigenvalue weighted by Gasteiger charge is 2.33. The average Bonchev–Trinajstić information content (AvgIpc) is 3.32. The SMILES string of the molecule is COC(=O)C1=C(C)N=c2sc(=Cc3ccc(OC)c(CSc4nc(C(F)F)cc(C)c4C#N)c3)c(=O)n2[C@@H]1c1ccccc1. The van der Waals surface area contributed by atoms with Crippen molar-refractivity contribution in [1.82, 2.24) is 9.55 Å². The van der Waals surface area contributed by atoms with Crippen LogP contribution in [0.1, 0.15) is 52.9 Å². The first-order valence-corrected chi connectivity index (χ1v) is 15.1. The average molecular weight is 633 g/mol. The number of benzene rings is 2. The number of pyridine rings is 1. The number of rotatable bonds is 8. The Morgan fingerprint density at radius 3 is 2.59 bits per heavy atom. The maximum Gasteiger partial charge on any atom is 0.338 e. The van der Waals surface area contributed by atoms with Gasteiger partial charge in [0, 0.05) is 11.3 Å². The second-order valence-corrected chi connectivity index (χ2v) is 11.8. The van der Waals surface area contributed by atoms with Crippen molar-refractivity contribution in [3.05, 3.63) is 119 Å². The van der Waals surface area contributed by atoms with E-state index in [-0.39, 0.29) is 33.2 Å². The number of methoxy groups -OCH3 is 2. The van der Waals surface area contributed by atoms with E-state index >= 15 is 0 Å². The number of nitriles is 1. The smallest absolute Gasteiger partial charge is 0.338 e. The molecule has 0 saturated carbocycles. The number of alkyl halides is 2. The summed E-state index contributed by atoms with van der Waals surface area (Å²) in [7, 11) is 2.82. The van der Waals surface area contributed by atoms with Crippen LogP contribution in [0.15, 0.2) is 80.7 Å². The largest absolute Gasteiger partial charge is 0.496 e. The van der Waals surface area contributed by atoms with E-state index in [1.165, 1.54) is 36.2 Å². The van der Waals surface area contributed by atoms with Crippen molar-refractivity contribution < 1.29 is 23.0 Å². The molecule has 1 aliphatic rings. The van der Waals surface area contributed by atoms with Gasteiger partial charge in [-0.1, -0.05) is 47.7 Å². The van der Waals surface area contributed by atoms with Gasteiger partial charge >= 0.3 is 5.97 Å². The summed E-state index contributed by atoms with van der Waals surface area (Å²) in [6.45, 7) is 3.32. The van der Waals surface area contributed by atoms with E-state index in [2.05, 4.69) is 16.0 Å². The molecule has 0 N–H and O–H groups in total. The van der Waals surface area contributed by atoms with Gasteiger partial charge in [0.2, 0.25) is 0 Å². The molecule has 8 nitrogen and oxygen atoms in total. The first-order valence-electron chi connectivity index (χ1n) is 13.3. The van der Waals surface area contributed by atoms with Gasteiger partial charge in [-0.3, -0.25) is 9.36 Å². The van der Waals surface area contributed by atoms with Crippen molar-refractivity contribution in [3.8, 4) is 11.8 Å². The van der Waals surface area contributed by atoms with Crippen LogP contribution in [0.4, 0.5) is 8.78 Å². The normalized spacial score (nSPS) is 14.7. The Morgan fingerprint density at radius 2 is 1.93 bits per heavy atom. The Bertz CT molecular complexity index is 2010. The summed E-state index contributed by atoms with van der Waals surface area (Å²) in [5.74, 6) is 0.268. The molecule has 0 amide bonds. The molecule has 2 aromatic carbocycles. The number of thioether (sulfide) groups is 1. The van der Waals surface area contributed by atoms with Gasteiger partial charge in [0.1, 0.15) is 22.5 Å². The highest BCUT2D eigenvalue weighted by molar-refractivity contribution is 7.98. The summed E-state index contributed by atoms with van der Waals surface area (Å²) in [5.41, 5.74) is 2.88. The number of aromatic nitrogens is 2. The number of esters is 1. The lowest BCUT2D eigenvalue weighted by Gasteiger charge is -2.24. The molecule has 2 aromatic heterocycles. The first kappa shape index (κ1) is 30.8. The van der Waals surface area contributed by atoms with Crippen LogP contribution < -0.4 is 19.6 Å². The van der Waals surface area contributed by atoms with Crippen LogP contribution >= 0.6 is 23.1 Å². The van der Waals surface area contributed by atoms with Crippen LogP contribution in [-0.2, 0) is 15.3 Å². The lowest BCUT2D eigenvalue weighted by molar-refractivity contribution is -0.136. The van der Waals surface area contributed by atoms with Crippen molar-refractivity contribution in [2.45, 2.75) is 37.1 Å². The van der Waals surface area contributed by atoms with Gasteiger partial charge in [0.25, 0.3) is 12.0 Å². The van der Waals surface area contributed by atoms with Crippen molar-refractivity contribution >= 4 is 35.1 Å². The van der Waals surface area contributed by atoms with Crippen LogP contribution in [-0.4, -0.2) is 29.7 Å². The van der Waals surface area contributed by atoms with E-state index in [1.807, 2.05) is 36.4 Å². The van der Waals surface area contributed by atoms with E-state index in [1.54, 1.807) is 32.1 Å². The Kier molecular flexibility index (Phi) is 9.08. The fraction of sp³-hybridized carbons (Fsp3) is 0.219. The lowest BCUT2D eigenvalue weighted by Crippen LogP contribution is -2.39. The van der Waals surface area contributed by atoms with Gasteiger partial charge in [-0.05, 0) is 54.8 Å². The van der Waals surface area contributed by atoms with E-state index < -0.39 is 18.4 Å². The third kappa shape index (κ3) is 5.93. The number of halogens is 2. The fourth-order valence-electron chi connectivity index (χ4n) is 4.96. The molecule has 0 bridgehead atoms. The number of carbonyl (C=O) groups excluding carboxylic acids is 1. The molecule has 0 aliphatic carbocycles. The number of thiazole rings is 1. The molecule has 1 atom stereocenters. The zero-order valence-electron chi connectivity index (χ0n) is 24.1. The van der Waals surface area contributed by atoms with Crippen molar-refractivity contribution in [1.29, 1.82) is 5.26 Å². The number of hydrogen-bond donors (Lipinski definition) is 0. The molecule has 0 fully saturated rings. The predicted octanol–water partition coefficient (Wildman–Crippen LogP) is 5.22. The third-order valence-corrected chi connectivity index (χ3v) is 9.05. The molecule has 0 unspecified atom stereocenters. The standard InChI is InChI=1S/C32H26F2N4O4S2/c1-17-12-23(28(33)34)37-29(22(17)15-35)43-16-21-13-19(10-11-24(21)41-3)14-25-30(39)38-27(20-8-6-5-7-9-20)26(31(40)42-4)18(2)36-32(38)44-25/h5-14,27-28H,16H2,1-4H3/t27-/m1/s1. The topological polar surface area (TPSA) is 107 Å². The van der Waals surface area contributed by atoms with Crippen molar-refractivity contribution in [2.24, 2.45) is 4.99 Å². The molecular weight excluding hydrogens is 607 g/mol. The Morgan fingerprint density at radius 1 is 1.18 bits per heavy atom. The van der Waals surface area contributed by atoms with Gasteiger partial charge in [-0.2, -0.15) is 5.26 Å². The molecule has 0 saturated heterocycles. The van der Waals surface area contributed by atoms with E-state index in [4.69, 9.17) is 9.47 Å². The molecule has 12 heteroatoms. The maximum absolute atomic E-state index is 13.9. The first-order chi connectivity index (χ1) is 21.2. The van der Waals surface area contributed by atoms with E-state index in [0.29, 0.717) is 31.9 Å². The van der Waals surface area contributed by atoms with Crippen molar-refractivity contribution in [2.75, 3.05) is 14.2 Å². The second-order valence-electron chi connectivity index (χ2n) is 9.80. The van der Waals surface area contributed by atoms with E-state index in [0.717, 1.165) is 22.9 Å². The third-order valence-electron chi connectivity index (χ3n) is 7.05. The molecule has 0 radical (unpaired) electrons. The fourth-order valence-corrected chi connectivity index (χ4v) is 7.05. The molecule has 5 rings (SSSR count). The van der Waals surface area contributed by atoms with Crippen LogP contribution in [0.2, 0.25) is 0 Å². The summed E-state index contributed by atoms with van der Waals surface area (Å²) in [5, 5.41) is 9.82. The Hall–Kier alpha value is -4.60. The maximum atomic E-state index is 13.9. The molecule has 0 spiro atoms. The van der Waals surface area contributed by atoms with Crippen LogP contribution in [0.25, 0.3) is 6.08 Å². The number of ether oxygens (including phenoxy) is 2. The van der Waals surface area contributed by atoms with Gasteiger partial charge < -0.3 is 9.47 Å². The molecule has 44 heavy (non-hydrogen) atoms. The number of aryl methyl sites for hydroxylation is 1. The van der Waals surface area contributed by atoms with Crippen LogP contribution in [0.5, 0.6) is 5.75 Å². The minimum absolute atomic E-state index is 0.209. The zero-order chi connectivity index (χ0) is 31.5. The van der Waals surface area contributed by atoms with E-state index in [9.17, 15) is 23.6 Å². The second kappa shape index (κ2) is 13.0. The summed E-state index contributed by atoms with van der Waals surface area (Å²) in [4.78, 5) is 35.7. The summed E-state index contributed by atoms with van der Waals surface area (Å²) in [6.07, 6.45) is -1.03. The van der Waals surface area contributed by atoms with Gasteiger partial charge in [0.05, 0.1) is 41.6 Å². The lowest BCUT2D eigenvalue weighted by atomic mass is 9.96. The number of hydrogen-bond acceptors (Lipinski definition) is 9. The molecule has 1 aliphatic heterocycles. The summed E-state index contributed by atoms with van der Waals surface area (Å²) in [6, 6.07) is 17.2. The minimum atomic E-state index is -2.76. The zero-order valence-corrected chi connectivity index (χ0v) is 25.8. The van der Waals surface area contributed by atoms with Gasteiger partial charge in [0.15, 0.2) is 4.80 Å². The number of allylic oxidation sites excluding steroid dienone is 1. The highest BCUT2D eigenvalue weighted by atomic mass is 32.2. The molecule has 224 valence electrons. The summed E-state index contributed by atoms with van der Waals surface area (Å²) >= 11 is 2.36. The van der Waals surface area contributed by atoms with Crippen LogP contribution in [0, 0.1) is 18.3 Å². The molecule has 4 aromatic rings. The van der Waals surface area contributed by atoms with Gasteiger partial charge in [-0.25, -0.2) is 23.6 Å². The number of nitrogens with zero attached hydrogens (tertiary/aromatic N) is 4.